The predicted octanol–water partition coefficient (Wildman–Crippen LogP) is 1.29. The third-order valence-electron chi connectivity index (χ3n) is 4.10. The van der Waals surface area contributed by atoms with Crippen molar-refractivity contribution in [3.63, 3.8) is 0 Å². The molecule has 1 aromatic carbocycles. The Kier molecular flexibility index (Phi) is 6.92. The number of alkyl carbamates (subject to hydrolysis) is 1. The molecule has 9 nitrogen and oxygen atoms in total. The van der Waals surface area contributed by atoms with Gasteiger partial charge in [-0.1, -0.05) is 18.6 Å². The van der Waals surface area contributed by atoms with Crippen LogP contribution in [0.25, 0.3) is 0 Å². The second-order valence-electron chi connectivity index (χ2n) is 5.99. The zero-order valence-corrected chi connectivity index (χ0v) is 16.0. The summed E-state index contributed by atoms with van der Waals surface area (Å²) in [6, 6.07) is 5.68. The largest absolute Gasteiger partial charge is 0.453 e. The van der Waals surface area contributed by atoms with Crippen molar-refractivity contribution in [1.29, 1.82) is 0 Å². The van der Waals surface area contributed by atoms with Gasteiger partial charge in [0.25, 0.3) is 5.91 Å². The van der Waals surface area contributed by atoms with E-state index in [1.165, 1.54) is 35.5 Å². The quantitative estimate of drug-likeness (QED) is 0.742. The van der Waals surface area contributed by atoms with Crippen LogP contribution in [0.3, 0.4) is 0 Å². The van der Waals surface area contributed by atoms with Crippen molar-refractivity contribution in [3.8, 4) is 0 Å². The topological polar surface area (TPSA) is 119 Å². The summed E-state index contributed by atoms with van der Waals surface area (Å²) in [5, 5.41) is 1.88. The molecule has 10 heteroatoms. The summed E-state index contributed by atoms with van der Waals surface area (Å²) in [5.41, 5.74) is -0.166. The van der Waals surface area contributed by atoms with E-state index in [1.807, 2.05) is 5.32 Å². The lowest BCUT2D eigenvalue weighted by Gasteiger charge is -2.26. The number of piperidine rings is 1. The summed E-state index contributed by atoms with van der Waals surface area (Å²) < 4.78 is 36.5. The van der Waals surface area contributed by atoms with E-state index in [9.17, 15) is 22.8 Å². The van der Waals surface area contributed by atoms with E-state index < -0.39 is 34.1 Å². The van der Waals surface area contributed by atoms with Crippen LogP contribution in [0.15, 0.2) is 29.2 Å². The molecule has 2 rings (SSSR count). The number of rotatable bonds is 5. The lowest BCUT2D eigenvalue weighted by Crippen LogP contribution is -2.40. The minimum atomic E-state index is -3.86. The monoisotopic (exact) mass is 398 g/mol. The molecule has 1 atom stereocenters. The van der Waals surface area contributed by atoms with Crippen LogP contribution in [0, 0.1) is 0 Å². The van der Waals surface area contributed by atoms with Gasteiger partial charge in [0.2, 0.25) is 10.0 Å². The van der Waals surface area contributed by atoms with Gasteiger partial charge in [0, 0.05) is 13.1 Å². The second-order valence-corrected chi connectivity index (χ2v) is 7.90. The number of hydrogen-bond donors (Lipinski definition) is 1. The maximum atomic E-state index is 12.9. The number of ether oxygens (including phenoxy) is 2. The molecule has 148 valence electrons. The average Bonchev–Trinajstić information content (AvgIpc) is 2.68. The minimum Gasteiger partial charge on any atom is -0.453 e. The Morgan fingerprint density at radius 2 is 1.74 bits per heavy atom. The van der Waals surface area contributed by atoms with Gasteiger partial charge in [-0.05, 0) is 31.9 Å². The highest BCUT2D eigenvalue weighted by Crippen LogP contribution is 2.24. The molecule has 0 aliphatic carbocycles. The lowest BCUT2D eigenvalue weighted by molar-refractivity contribution is -0.128. The van der Waals surface area contributed by atoms with Crippen molar-refractivity contribution in [3.05, 3.63) is 29.8 Å². The van der Waals surface area contributed by atoms with Crippen molar-refractivity contribution in [2.75, 3.05) is 20.2 Å². The molecule has 1 fully saturated rings. The number of nitrogens with one attached hydrogen (secondary N) is 1. The van der Waals surface area contributed by atoms with Gasteiger partial charge < -0.3 is 9.47 Å². The van der Waals surface area contributed by atoms with E-state index in [-0.39, 0.29) is 10.5 Å². The van der Waals surface area contributed by atoms with Gasteiger partial charge >= 0.3 is 12.1 Å². The first kappa shape index (κ1) is 20.8. The summed E-state index contributed by atoms with van der Waals surface area (Å²) in [6.07, 6.45) is 0.175. The molecule has 1 N–H and O–H groups in total. The van der Waals surface area contributed by atoms with Gasteiger partial charge in [0.05, 0.1) is 17.6 Å². The Morgan fingerprint density at radius 3 is 2.37 bits per heavy atom. The number of nitrogens with zero attached hydrogens (tertiary/aromatic N) is 1. The Bertz CT molecular complexity index is 816. The van der Waals surface area contributed by atoms with Crippen LogP contribution < -0.4 is 5.32 Å². The molecule has 0 spiro atoms. The van der Waals surface area contributed by atoms with E-state index in [0.717, 1.165) is 26.4 Å². The van der Waals surface area contributed by atoms with Crippen LogP contribution in [-0.4, -0.2) is 57.0 Å². The molecular weight excluding hydrogens is 376 g/mol. The minimum absolute atomic E-state index is 0.166. The number of hydrogen-bond acceptors (Lipinski definition) is 7. The van der Waals surface area contributed by atoms with Crippen molar-refractivity contribution in [2.24, 2.45) is 0 Å². The normalized spacial score (nSPS) is 16.2. The average molecular weight is 398 g/mol. The summed E-state index contributed by atoms with van der Waals surface area (Å²) in [7, 11) is -2.77. The van der Waals surface area contributed by atoms with Crippen molar-refractivity contribution in [2.45, 2.75) is 37.2 Å². The van der Waals surface area contributed by atoms with Crippen LogP contribution in [0.5, 0.6) is 0 Å². The summed E-state index contributed by atoms with van der Waals surface area (Å²) in [5.74, 6) is -1.86. The predicted molar refractivity (Wildman–Crippen MR) is 94.5 cm³/mol. The Balaban J connectivity index is 2.20. The highest BCUT2D eigenvalue weighted by Gasteiger charge is 2.31. The number of amides is 2. The zero-order valence-electron chi connectivity index (χ0n) is 15.1. The third-order valence-corrected chi connectivity index (χ3v) is 6.06. The van der Waals surface area contributed by atoms with Crippen LogP contribution in [0.4, 0.5) is 4.79 Å². The Hall–Kier alpha value is -2.46. The molecule has 1 saturated heterocycles. The Labute approximate surface area is 157 Å². The molecule has 0 aromatic heterocycles. The van der Waals surface area contributed by atoms with E-state index in [2.05, 4.69) is 4.74 Å². The number of carbonyl (C=O) groups is 3. The van der Waals surface area contributed by atoms with Gasteiger partial charge in [-0.25, -0.2) is 18.0 Å². The Morgan fingerprint density at radius 1 is 1.11 bits per heavy atom. The number of methoxy groups -OCH3 is 1. The molecule has 1 heterocycles. The molecule has 0 radical (unpaired) electrons. The van der Waals surface area contributed by atoms with E-state index in [4.69, 9.17) is 4.74 Å². The van der Waals surface area contributed by atoms with E-state index in [0.29, 0.717) is 13.1 Å². The smallest absolute Gasteiger partial charge is 0.413 e. The van der Waals surface area contributed by atoms with Crippen molar-refractivity contribution in [1.82, 2.24) is 9.62 Å². The SMILES string of the molecule is COC(=O)NC(=O)[C@@H](C)OC(=O)c1ccccc1S(=O)(=O)N1CCCCC1. The standard InChI is InChI=1S/C17H22N2O7S/c1-12(15(20)18-17(22)25-2)26-16(21)13-8-4-5-9-14(13)27(23,24)19-10-6-3-7-11-19/h4-5,8-9,12H,3,6-7,10-11H2,1-2H3,(H,18,20,22)/t12-/m1/s1. The summed E-state index contributed by atoms with van der Waals surface area (Å²) in [4.78, 5) is 35.2. The number of imide groups is 1. The lowest BCUT2D eigenvalue weighted by atomic mass is 10.2. The first-order chi connectivity index (χ1) is 12.8. The van der Waals surface area contributed by atoms with Gasteiger partial charge in [-0.3, -0.25) is 10.1 Å². The molecule has 27 heavy (non-hydrogen) atoms. The molecule has 0 saturated carbocycles. The maximum absolute atomic E-state index is 12.9. The first-order valence-corrected chi connectivity index (χ1v) is 9.90. The fraction of sp³-hybridized carbons (Fsp3) is 0.471. The van der Waals surface area contributed by atoms with Gasteiger partial charge in [-0.2, -0.15) is 4.31 Å². The maximum Gasteiger partial charge on any atom is 0.413 e. The molecule has 1 aliphatic rings. The van der Waals surface area contributed by atoms with Crippen molar-refractivity contribution >= 4 is 28.0 Å². The van der Waals surface area contributed by atoms with Crippen LogP contribution in [0.1, 0.15) is 36.5 Å². The zero-order chi connectivity index (χ0) is 20.0. The highest BCUT2D eigenvalue weighted by atomic mass is 32.2. The molecule has 2 amide bonds. The number of esters is 1. The van der Waals surface area contributed by atoms with Crippen molar-refractivity contribution < 1.29 is 32.3 Å². The van der Waals surface area contributed by atoms with Gasteiger partial charge in [0.1, 0.15) is 0 Å². The highest BCUT2D eigenvalue weighted by molar-refractivity contribution is 7.89. The molecule has 1 aliphatic heterocycles. The third kappa shape index (κ3) is 5.04. The van der Waals surface area contributed by atoms with Gasteiger partial charge in [0.15, 0.2) is 6.10 Å². The number of sulfonamides is 1. The molecule has 0 unspecified atom stereocenters. The molecule has 0 bridgehead atoms. The second kappa shape index (κ2) is 8.96. The van der Waals surface area contributed by atoms with Crippen LogP contribution in [0.2, 0.25) is 0 Å². The summed E-state index contributed by atoms with van der Waals surface area (Å²) in [6.45, 7) is 2.05. The van der Waals surface area contributed by atoms with E-state index >= 15 is 0 Å². The fourth-order valence-corrected chi connectivity index (χ4v) is 4.33. The fourth-order valence-electron chi connectivity index (χ4n) is 2.64. The number of benzene rings is 1. The van der Waals surface area contributed by atoms with Gasteiger partial charge in [-0.15, -0.1) is 0 Å². The summed E-state index contributed by atoms with van der Waals surface area (Å²) >= 11 is 0. The van der Waals surface area contributed by atoms with Crippen LogP contribution >= 0.6 is 0 Å². The molecule has 1 aromatic rings. The van der Waals surface area contributed by atoms with Crippen LogP contribution in [-0.2, 0) is 24.3 Å². The molecular formula is C17H22N2O7S. The first-order valence-electron chi connectivity index (χ1n) is 8.46. The number of carbonyl (C=O) groups excluding carboxylic acids is 3. The van der Waals surface area contributed by atoms with E-state index in [1.54, 1.807) is 0 Å².